The van der Waals surface area contributed by atoms with E-state index in [0.717, 1.165) is 27.5 Å². The smallest absolute Gasteiger partial charge is 0.137 e. The van der Waals surface area contributed by atoms with Gasteiger partial charge in [-0.05, 0) is 17.7 Å². The number of aromatic amines is 1. The number of benzene rings is 3. The van der Waals surface area contributed by atoms with E-state index in [9.17, 15) is 0 Å². The van der Waals surface area contributed by atoms with Crippen molar-refractivity contribution in [2.24, 2.45) is 0 Å². The molecule has 0 fully saturated rings. The first kappa shape index (κ1) is 16.0. The Labute approximate surface area is 146 Å². The molecule has 4 aromatic rings. The molecule has 0 atom stereocenters. The van der Waals surface area contributed by atoms with Gasteiger partial charge in [-0.25, -0.2) is 4.98 Å². The Balaban J connectivity index is 0.000000238. The van der Waals surface area contributed by atoms with E-state index in [4.69, 9.17) is 11.6 Å². The number of H-pyrrole nitrogens is 1. The Bertz CT molecular complexity index is 845. The van der Waals surface area contributed by atoms with Gasteiger partial charge in [-0.3, -0.25) is 0 Å². The highest BCUT2D eigenvalue weighted by atomic mass is 35.5. The average Bonchev–Trinajstić information content (AvgIpc) is 3.19. The lowest BCUT2D eigenvalue weighted by atomic mass is 9.99. The summed E-state index contributed by atoms with van der Waals surface area (Å²) < 4.78 is 0. The first-order chi connectivity index (χ1) is 11.9. The van der Waals surface area contributed by atoms with Crippen molar-refractivity contribution < 1.29 is 0 Å². The third-order valence-electron chi connectivity index (χ3n) is 3.45. The van der Waals surface area contributed by atoms with Crippen molar-refractivity contribution in [3.8, 4) is 22.5 Å². The predicted molar refractivity (Wildman–Crippen MR) is 99.7 cm³/mol. The van der Waals surface area contributed by atoms with Gasteiger partial charge in [-0.2, -0.15) is 0 Å². The molecule has 4 rings (SSSR count). The Hall–Kier alpha value is -2.84. The molecule has 0 unspecified atom stereocenters. The molecule has 0 amide bonds. The summed E-state index contributed by atoms with van der Waals surface area (Å²) in [4.78, 5) is 7.43. The first-order valence-corrected chi connectivity index (χ1v) is 7.99. The molecule has 1 radical (unpaired) electrons. The van der Waals surface area contributed by atoms with Gasteiger partial charge < -0.3 is 4.98 Å². The maximum absolute atomic E-state index is 6.26. The second kappa shape index (κ2) is 8.14. The molecule has 3 heteroatoms. The van der Waals surface area contributed by atoms with Crippen LogP contribution in [0.3, 0.4) is 0 Å². The fourth-order valence-electron chi connectivity index (χ4n) is 2.36. The summed E-state index contributed by atoms with van der Waals surface area (Å²) in [5, 5.41) is 0.747. The maximum atomic E-state index is 6.26. The van der Waals surface area contributed by atoms with Crippen LogP contribution >= 0.6 is 11.6 Å². The molecule has 1 aromatic heterocycles. The van der Waals surface area contributed by atoms with Gasteiger partial charge in [0.1, 0.15) is 5.82 Å². The number of nitrogens with one attached hydrogen (secondary N) is 1. The average molecular weight is 332 g/mol. The summed E-state index contributed by atoms with van der Waals surface area (Å²) in [5.74, 6) is 0.852. The molecule has 3 aromatic carbocycles. The van der Waals surface area contributed by atoms with Gasteiger partial charge in [0.25, 0.3) is 0 Å². The van der Waals surface area contributed by atoms with E-state index in [1.165, 1.54) is 0 Å². The predicted octanol–water partition coefficient (Wildman–Crippen LogP) is 5.88. The lowest BCUT2D eigenvalue weighted by molar-refractivity contribution is 1.31. The van der Waals surface area contributed by atoms with E-state index in [0.29, 0.717) is 0 Å². The summed E-state index contributed by atoms with van der Waals surface area (Å²) in [6.07, 6.45) is 3.57. The number of hydrogen-bond acceptors (Lipinski definition) is 1. The van der Waals surface area contributed by atoms with Crippen molar-refractivity contribution in [1.29, 1.82) is 0 Å². The summed E-state index contributed by atoms with van der Waals surface area (Å²) >= 11 is 6.26. The molecule has 0 aliphatic carbocycles. The van der Waals surface area contributed by atoms with Crippen molar-refractivity contribution in [3.05, 3.63) is 102 Å². The molecule has 117 valence electrons. The van der Waals surface area contributed by atoms with Crippen LogP contribution in [-0.4, -0.2) is 9.97 Å². The van der Waals surface area contributed by atoms with E-state index in [1.807, 2.05) is 79.0 Å². The van der Waals surface area contributed by atoms with Crippen molar-refractivity contribution in [2.45, 2.75) is 0 Å². The van der Waals surface area contributed by atoms with Crippen molar-refractivity contribution >= 4 is 11.6 Å². The van der Waals surface area contributed by atoms with Gasteiger partial charge >= 0.3 is 0 Å². The summed E-state index contributed by atoms with van der Waals surface area (Å²) in [6.45, 7) is 0. The number of halogens is 1. The van der Waals surface area contributed by atoms with E-state index < -0.39 is 0 Å². The highest BCUT2D eigenvalue weighted by Crippen LogP contribution is 2.34. The van der Waals surface area contributed by atoms with Gasteiger partial charge in [0.05, 0.1) is 0 Å². The lowest BCUT2D eigenvalue weighted by Gasteiger charge is -2.09. The zero-order chi connectivity index (χ0) is 16.6. The number of rotatable bonds is 2. The molecule has 0 bridgehead atoms. The van der Waals surface area contributed by atoms with Gasteiger partial charge in [0, 0.05) is 28.5 Å². The summed E-state index contributed by atoms with van der Waals surface area (Å²) in [7, 11) is 0. The Morgan fingerprint density at radius 1 is 0.750 bits per heavy atom. The van der Waals surface area contributed by atoms with Crippen LogP contribution < -0.4 is 0 Å². The topological polar surface area (TPSA) is 28.7 Å². The van der Waals surface area contributed by atoms with Gasteiger partial charge in [-0.15, -0.1) is 0 Å². The molecule has 2 nitrogen and oxygen atoms in total. The van der Waals surface area contributed by atoms with Crippen LogP contribution in [0, 0.1) is 6.07 Å². The second-order valence-electron chi connectivity index (χ2n) is 5.04. The minimum absolute atomic E-state index is 0.747. The minimum Gasteiger partial charge on any atom is -0.345 e. The quantitative estimate of drug-likeness (QED) is 0.488. The minimum atomic E-state index is 0.747. The standard InChI is InChI=1S/C15H11ClN2.C6H5/c16-14-8-4-3-6-12(14)11-5-1-2-7-13(11)15-17-9-10-18-15;1-2-4-6-5-3-1/h1-10H,(H,17,18);1-5H. The Morgan fingerprint density at radius 2 is 1.42 bits per heavy atom. The van der Waals surface area contributed by atoms with Gasteiger partial charge in [-0.1, -0.05) is 84.4 Å². The van der Waals surface area contributed by atoms with Crippen LogP contribution in [0.5, 0.6) is 0 Å². The molecule has 24 heavy (non-hydrogen) atoms. The van der Waals surface area contributed by atoms with E-state index >= 15 is 0 Å². The Kier molecular flexibility index (Phi) is 5.44. The van der Waals surface area contributed by atoms with Crippen molar-refractivity contribution in [3.63, 3.8) is 0 Å². The first-order valence-electron chi connectivity index (χ1n) is 7.61. The molecule has 0 aliphatic heterocycles. The zero-order valence-electron chi connectivity index (χ0n) is 13.0. The molecule has 0 saturated heterocycles. The number of nitrogens with zero attached hydrogens (tertiary/aromatic N) is 1. The molecule has 1 N–H and O–H groups in total. The molecular weight excluding hydrogens is 316 g/mol. The molecule has 1 heterocycles. The third-order valence-corrected chi connectivity index (χ3v) is 3.78. The van der Waals surface area contributed by atoms with E-state index in [-0.39, 0.29) is 0 Å². The largest absolute Gasteiger partial charge is 0.345 e. The fourth-order valence-corrected chi connectivity index (χ4v) is 2.60. The van der Waals surface area contributed by atoms with Crippen LogP contribution in [0.2, 0.25) is 5.02 Å². The maximum Gasteiger partial charge on any atom is 0.137 e. The van der Waals surface area contributed by atoms with Crippen LogP contribution in [-0.2, 0) is 0 Å². The molecule has 0 spiro atoms. The normalized spacial score (nSPS) is 9.88. The van der Waals surface area contributed by atoms with Crippen LogP contribution in [0.15, 0.2) is 91.3 Å². The number of hydrogen-bond donors (Lipinski definition) is 1. The summed E-state index contributed by atoms with van der Waals surface area (Å²) in [6, 6.07) is 28.4. The van der Waals surface area contributed by atoms with E-state index in [1.54, 1.807) is 6.20 Å². The Morgan fingerprint density at radius 3 is 1.96 bits per heavy atom. The third kappa shape index (κ3) is 3.92. The monoisotopic (exact) mass is 331 g/mol. The highest BCUT2D eigenvalue weighted by molar-refractivity contribution is 6.33. The molecular formula is C21H16ClN2. The highest BCUT2D eigenvalue weighted by Gasteiger charge is 2.10. The SMILES string of the molecule is Clc1ccccc1-c1ccccc1-c1ncc[nH]1.[c]1ccccc1. The second-order valence-corrected chi connectivity index (χ2v) is 5.45. The van der Waals surface area contributed by atoms with Crippen LogP contribution in [0.1, 0.15) is 0 Å². The van der Waals surface area contributed by atoms with Crippen LogP contribution in [0.4, 0.5) is 0 Å². The van der Waals surface area contributed by atoms with E-state index in [2.05, 4.69) is 22.1 Å². The van der Waals surface area contributed by atoms with Crippen LogP contribution in [0.25, 0.3) is 22.5 Å². The van der Waals surface area contributed by atoms with Gasteiger partial charge in [0.15, 0.2) is 0 Å². The summed E-state index contributed by atoms with van der Waals surface area (Å²) in [5.41, 5.74) is 3.15. The molecule has 0 aliphatic rings. The zero-order valence-corrected chi connectivity index (χ0v) is 13.7. The van der Waals surface area contributed by atoms with Gasteiger partial charge in [0.2, 0.25) is 0 Å². The van der Waals surface area contributed by atoms with Crippen molar-refractivity contribution in [2.75, 3.05) is 0 Å². The molecule has 0 saturated carbocycles. The fraction of sp³-hybridized carbons (Fsp3) is 0. The number of imidazole rings is 1. The lowest BCUT2D eigenvalue weighted by Crippen LogP contribution is -1.87. The van der Waals surface area contributed by atoms with Crippen molar-refractivity contribution in [1.82, 2.24) is 9.97 Å². The number of aromatic nitrogens is 2.